The summed E-state index contributed by atoms with van der Waals surface area (Å²) >= 11 is 12.6. The van der Waals surface area contributed by atoms with Gasteiger partial charge in [0.25, 0.3) is 0 Å². The Hall–Kier alpha value is -0.780. The van der Waals surface area contributed by atoms with Gasteiger partial charge >= 0.3 is 11.9 Å². The van der Waals surface area contributed by atoms with Crippen molar-refractivity contribution in [1.82, 2.24) is 5.32 Å². The minimum Gasteiger partial charge on any atom is -0.474 e. The number of carbonyl (C=O) groups is 2. The average Bonchev–Trinajstić information content (AvgIpc) is 2.40. The second-order valence-electron chi connectivity index (χ2n) is 2.34. The summed E-state index contributed by atoms with van der Waals surface area (Å²) < 4.78 is 0.940. The van der Waals surface area contributed by atoms with E-state index in [0.29, 0.717) is 14.2 Å². The van der Waals surface area contributed by atoms with E-state index in [-0.39, 0.29) is 6.54 Å². The number of carboxylic acid groups (broad SMARTS) is 1. The first-order valence-electron chi connectivity index (χ1n) is 3.45. The van der Waals surface area contributed by atoms with Gasteiger partial charge in [0, 0.05) is 12.1 Å². The normalized spacial score (nSPS) is 9.86. The van der Waals surface area contributed by atoms with Crippen LogP contribution in [0.5, 0.6) is 0 Å². The van der Waals surface area contributed by atoms with Crippen LogP contribution >= 0.6 is 34.5 Å². The molecule has 14 heavy (non-hydrogen) atoms. The zero-order valence-corrected chi connectivity index (χ0v) is 9.04. The lowest BCUT2D eigenvalue weighted by molar-refractivity contribution is -0.150. The minimum atomic E-state index is -1.53. The number of hydrogen-bond acceptors (Lipinski definition) is 3. The van der Waals surface area contributed by atoms with Gasteiger partial charge in [-0.2, -0.15) is 0 Å². The fourth-order valence-electron chi connectivity index (χ4n) is 0.746. The quantitative estimate of drug-likeness (QED) is 0.790. The lowest BCUT2D eigenvalue weighted by atomic mass is 10.3. The molecular weight excluding hydrogens is 249 g/mol. The summed E-state index contributed by atoms with van der Waals surface area (Å²) in [5, 5.41) is 10.4. The number of halogens is 2. The van der Waals surface area contributed by atoms with Crippen molar-refractivity contribution in [2.75, 3.05) is 0 Å². The molecule has 1 amide bonds. The van der Waals surface area contributed by atoms with E-state index < -0.39 is 11.9 Å². The van der Waals surface area contributed by atoms with Crippen LogP contribution in [0.3, 0.4) is 0 Å². The molecular formula is C7H5Cl2NO3S. The zero-order chi connectivity index (χ0) is 10.7. The maximum Gasteiger partial charge on any atom is 0.394 e. The van der Waals surface area contributed by atoms with Gasteiger partial charge in [-0.05, 0) is 6.07 Å². The van der Waals surface area contributed by atoms with E-state index in [0.717, 1.165) is 11.3 Å². The summed E-state index contributed by atoms with van der Waals surface area (Å²) in [5.41, 5.74) is 0.608. The van der Waals surface area contributed by atoms with Gasteiger partial charge in [0.05, 0.1) is 8.67 Å². The van der Waals surface area contributed by atoms with Crippen molar-refractivity contribution in [3.63, 3.8) is 0 Å². The molecule has 0 aliphatic heterocycles. The van der Waals surface area contributed by atoms with Gasteiger partial charge < -0.3 is 10.4 Å². The largest absolute Gasteiger partial charge is 0.474 e. The third-order valence-corrected chi connectivity index (χ3v) is 2.93. The van der Waals surface area contributed by atoms with Crippen molar-refractivity contribution in [3.8, 4) is 0 Å². The molecule has 0 atom stereocenters. The Kier molecular flexibility index (Phi) is 3.74. The minimum absolute atomic E-state index is 0.0627. The number of nitrogens with one attached hydrogen (secondary N) is 1. The summed E-state index contributed by atoms with van der Waals surface area (Å²) in [4.78, 5) is 20.8. The van der Waals surface area contributed by atoms with Crippen LogP contribution < -0.4 is 5.32 Å². The summed E-state index contributed by atoms with van der Waals surface area (Å²) in [6.07, 6.45) is 0. The Labute approximate surface area is 93.4 Å². The van der Waals surface area contributed by atoms with E-state index in [1.807, 2.05) is 0 Å². The molecule has 2 N–H and O–H groups in total. The molecule has 0 aromatic carbocycles. The van der Waals surface area contributed by atoms with Crippen LogP contribution in [-0.2, 0) is 16.1 Å². The van der Waals surface area contributed by atoms with Gasteiger partial charge in [-0.3, -0.25) is 4.79 Å². The van der Waals surface area contributed by atoms with Crippen LogP contribution in [-0.4, -0.2) is 17.0 Å². The molecule has 76 valence electrons. The van der Waals surface area contributed by atoms with Crippen LogP contribution in [0.15, 0.2) is 6.07 Å². The van der Waals surface area contributed by atoms with Crippen molar-refractivity contribution < 1.29 is 14.7 Å². The van der Waals surface area contributed by atoms with Gasteiger partial charge in [0.1, 0.15) is 0 Å². The molecule has 1 heterocycles. The highest BCUT2D eigenvalue weighted by molar-refractivity contribution is 7.20. The van der Waals surface area contributed by atoms with Gasteiger partial charge in [-0.1, -0.05) is 23.2 Å². The van der Waals surface area contributed by atoms with E-state index in [1.54, 1.807) is 6.07 Å². The standard InChI is InChI=1S/C7H5Cl2NO3S/c8-4-1-3(5(9)14-4)2-10-6(11)7(12)13/h1H,2H2,(H,10,11)(H,12,13). The lowest BCUT2D eigenvalue weighted by Gasteiger charge is -1.99. The van der Waals surface area contributed by atoms with Gasteiger partial charge in [-0.15, -0.1) is 11.3 Å². The molecule has 0 saturated carbocycles. The van der Waals surface area contributed by atoms with Crippen molar-refractivity contribution in [3.05, 3.63) is 20.3 Å². The first-order valence-corrected chi connectivity index (χ1v) is 5.02. The van der Waals surface area contributed by atoms with Crippen molar-refractivity contribution in [2.24, 2.45) is 0 Å². The number of thiophene rings is 1. The number of aliphatic carboxylic acids is 1. The third kappa shape index (κ3) is 2.87. The molecule has 0 aliphatic carbocycles. The highest BCUT2D eigenvalue weighted by Crippen LogP contribution is 2.30. The molecule has 0 saturated heterocycles. The number of carboxylic acids is 1. The summed E-state index contributed by atoms with van der Waals surface area (Å²) in [6.45, 7) is 0.0627. The molecule has 0 bridgehead atoms. The monoisotopic (exact) mass is 253 g/mol. The van der Waals surface area contributed by atoms with Crippen LogP contribution in [0.2, 0.25) is 8.67 Å². The first kappa shape index (κ1) is 11.3. The maximum absolute atomic E-state index is 10.7. The molecule has 7 heteroatoms. The molecule has 0 spiro atoms. The fourth-order valence-corrected chi connectivity index (χ4v) is 2.23. The van der Waals surface area contributed by atoms with Gasteiger partial charge in [0.15, 0.2) is 0 Å². The van der Waals surface area contributed by atoms with Crippen molar-refractivity contribution in [1.29, 1.82) is 0 Å². The van der Waals surface area contributed by atoms with Gasteiger partial charge in [-0.25, -0.2) is 4.79 Å². The topological polar surface area (TPSA) is 66.4 Å². The van der Waals surface area contributed by atoms with Crippen LogP contribution in [0.4, 0.5) is 0 Å². The third-order valence-electron chi connectivity index (χ3n) is 1.36. The summed E-state index contributed by atoms with van der Waals surface area (Å²) in [7, 11) is 0. The van der Waals surface area contributed by atoms with Gasteiger partial charge in [0.2, 0.25) is 0 Å². The Balaban J connectivity index is 2.58. The lowest BCUT2D eigenvalue weighted by Crippen LogP contribution is -2.29. The molecule has 0 fully saturated rings. The maximum atomic E-state index is 10.7. The number of amides is 1. The molecule has 0 aliphatic rings. The Morgan fingerprint density at radius 1 is 1.50 bits per heavy atom. The number of hydrogen-bond donors (Lipinski definition) is 2. The van der Waals surface area contributed by atoms with E-state index >= 15 is 0 Å². The van der Waals surface area contributed by atoms with E-state index in [9.17, 15) is 9.59 Å². The van der Waals surface area contributed by atoms with E-state index in [2.05, 4.69) is 5.32 Å². The fraction of sp³-hybridized carbons (Fsp3) is 0.143. The highest BCUT2D eigenvalue weighted by atomic mass is 35.5. The number of carbonyl (C=O) groups excluding carboxylic acids is 1. The Morgan fingerprint density at radius 2 is 2.14 bits per heavy atom. The molecule has 0 radical (unpaired) electrons. The van der Waals surface area contributed by atoms with Crippen molar-refractivity contribution >= 4 is 46.4 Å². The Bertz CT molecular complexity index is 377. The molecule has 1 rings (SSSR count). The predicted molar refractivity (Wildman–Crippen MR) is 53.8 cm³/mol. The second kappa shape index (κ2) is 4.63. The first-order chi connectivity index (χ1) is 6.50. The van der Waals surface area contributed by atoms with Crippen LogP contribution in [0.25, 0.3) is 0 Å². The SMILES string of the molecule is O=C(O)C(=O)NCc1cc(Cl)sc1Cl. The Morgan fingerprint density at radius 3 is 2.57 bits per heavy atom. The summed E-state index contributed by atoms with van der Waals surface area (Å²) in [5.74, 6) is -2.59. The van der Waals surface area contributed by atoms with E-state index in [1.165, 1.54) is 0 Å². The smallest absolute Gasteiger partial charge is 0.394 e. The zero-order valence-electron chi connectivity index (χ0n) is 6.71. The number of rotatable bonds is 2. The molecule has 1 aromatic rings. The molecule has 0 unspecified atom stereocenters. The second-order valence-corrected chi connectivity index (χ2v) is 4.62. The predicted octanol–water partition coefficient (Wildman–Crippen LogP) is 1.76. The molecule has 1 aromatic heterocycles. The van der Waals surface area contributed by atoms with E-state index in [4.69, 9.17) is 28.3 Å². The van der Waals surface area contributed by atoms with Crippen LogP contribution in [0, 0.1) is 0 Å². The molecule has 4 nitrogen and oxygen atoms in total. The average molecular weight is 254 g/mol. The van der Waals surface area contributed by atoms with Crippen LogP contribution in [0.1, 0.15) is 5.56 Å². The highest BCUT2D eigenvalue weighted by Gasteiger charge is 2.12. The summed E-state index contributed by atoms with van der Waals surface area (Å²) in [6, 6.07) is 1.58. The van der Waals surface area contributed by atoms with Crippen molar-refractivity contribution in [2.45, 2.75) is 6.54 Å².